The summed E-state index contributed by atoms with van der Waals surface area (Å²) in [4.78, 5) is 40.3. The number of carbonyl (C=O) groups excluding carboxylic acids is 1. The fourth-order valence-corrected chi connectivity index (χ4v) is 3.75. The molecule has 0 fully saturated rings. The van der Waals surface area contributed by atoms with Gasteiger partial charge < -0.3 is 14.6 Å². The lowest BCUT2D eigenvalue weighted by Crippen LogP contribution is -2.63. The molecule has 3 rings (SSSR count). The number of benzene rings is 2. The maximum absolute atomic E-state index is 13.7. The lowest BCUT2D eigenvalue weighted by Gasteiger charge is -2.40. The molecule has 0 bridgehead atoms. The van der Waals surface area contributed by atoms with Crippen LogP contribution in [-0.2, 0) is 14.3 Å². The summed E-state index contributed by atoms with van der Waals surface area (Å²) < 4.78 is 22.7. The van der Waals surface area contributed by atoms with Gasteiger partial charge in [0.15, 0.2) is 11.7 Å². The Labute approximate surface area is 181 Å². The number of nitrogens with zero attached hydrogens (tertiary/aromatic N) is 3. The summed E-state index contributed by atoms with van der Waals surface area (Å²) in [5.41, 5.74) is 0.0901. The van der Waals surface area contributed by atoms with E-state index in [0.29, 0.717) is 0 Å². The number of non-ortho nitro benzene ring substituents is 1. The Balaban J connectivity index is 2.43. The molecule has 0 spiro atoms. The first-order valence-electron chi connectivity index (χ1n) is 9.23. The van der Waals surface area contributed by atoms with Crippen molar-refractivity contribution in [1.82, 2.24) is 4.48 Å². The predicted molar refractivity (Wildman–Crippen MR) is 111 cm³/mol. The molecular formula is C21H19FN3O7+. The summed E-state index contributed by atoms with van der Waals surface area (Å²) in [7, 11) is 2.36. The number of nitro groups is 1. The van der Waals surface area contributed by atoms with E-state index in [-0.39, 0.29) is 34.2 Å². The van der Waals surface area contributed by atoms with Gasteiger partial charge in [0.1, 0.15) is 11.4 Å². The van der Waals surface area contributed by atoms with Gasteiger partial charge in [0.05, 0.1) is 24.8 Å². The van der Waals surface area contributed by atoms with Gasteiger partial charge in [-0.15, -0.1) is 0 Å². The average Bonchev–Trinajstić information content (AvgIpc) is 2.78. The number of aliphatic imine (C=N–C) groups is 1. The number of hydrogen-bond donors (Lipinski definition) is 1. The molecule has 1 aliphatic rings. The molecule has 1 heterocycles. The van der Waals surface area contributed by atoms with Crippen molar-refractivity contribution >= 4 is 29.5 Å². The topological polar surface area (TPSA) is 128 Å². The van der Waals surface area contributed by atoms with Crippen molar-refractivity contribution in [3.63, 3.8) is 0 Å². The number of methoxy groups -OCH3 is 2. The van der Waals surface area contributed by atoms with Crippen LogP contribution >= 0.6 is 0 Å². The summed E-state index contributed by atoms with van der Waals surface area (Å²) in [6.07, 6.45) is -1.48. The smallest absolute Gasteiger partial charge is 0.465 e. The first kappa shape index (κ1) is 22.6. The van der Waals surface area contributed by atoms with Crippen LogP contribution in [0.4, 0.5) is 20.6 Å². The van der Waals surface area contributed by atoms with Crippen molar-refractivity contribution in [1.29, 1.82) is 0 Å². The quantitative estimate of drug-likeness (QED) is 0.327. The lowest BCUT2D eigenvalue weighted by molar-refractivity contribution is -0.384. The van der Waals surface area contributed by atoms with Crippen molar-refractivity contribution in [2.45, 2.75) is 13.0 Å². The summed E-state index contributed by atoms with van der Waals surface area (Å²) in [6, 6.07) is 8.10. The molecular weight excluding hydrogens is 425 g/mol. The third-order valence-corrected chi connectivity index (χ3v) is 5.16. The summed E-state index contributed by atoms with van der Waals surface area (Å²) in [5, 5.41) is 21.6. The number of carboxylic acid groups (broad SMARTS) is 1. The Morgan fingerprint density at radius 2 is 1.72 bits per heavy atom. The van der Waals surface area contributed by atoms with Crippen molar-refractivity contribution in [2.24, 2.45) is 4.99 Å². The predicted octanol–water partition coefficient (Wildman–Crippen LogP) is 3.92. The van der Waals surface area contributed by atoms with Crippen LogP contribution in [0.25, 0.3) is 0 Å². The molecule has 0 saturated carbocycles. The summed E-state index contributed by atoms with van der Waals surface area (Å²) in [6.45, 7) is 1.49. The standard InChI is InChI=1S/C21H18FN3O7/c1-12-17(19(26)31-2)18(13-4-6-14(22)7-5-13)25(21(27)28,20(23-12)32-3)16-10-8-15(9-11-16)24(29)30/h4-11,18H,1-3H3/p+1. The number of nitro benzene ring substituents is 1. The number of allylic oxidation sites excluding steroid dienone is 1. The molecule has 1 amide bonds. The van der Waals surface area contributed by atoms with Crippen LogP contribution in [0.5, 0.6) is 0 Å². The highest BCUT2D eigenvalue weighted by Gasteiger charge is 2.60. The Kier molecular flexibility index (Phi) is 6.03. The van der Waals surface area contributed by atoms with E-state index in [2.05, 4.69) is 4.99 Å². The normalized spacial score (nSPS) is 20.4. The first-order valence-corrected chi connectivity index (χ1v) is 9.23. The maximum Gasteiger partial charge on any atom is 0.528 e. The van der Waals surface area contributed by atoms with Crippen molar-refractivity contribution in [3.8, 4) is 0 Å². The fraction of sp³-hybridized carbons (Fsp3) is 0.190. The van der Waals surface area contributed by atoms with Gasteiger partial charge in [0.2, 0.25) is 0 Å². The highest BCUT2D eigenvalue weighted by Crippen LogP contribution is 2.46. The minimum Gasteiger partial charge on any atom is -0.465 e. The first-order chi connectivity index (χ1) is 15.2. The van der Waals surface area contributed by atoms with E-state index in [1.165, 1.54) is 38.3 Å². The van der Waals surface area contributed by atoms with Crippen molar-refractivity contribution in [2.75, 3.05) is 14.2 Å². The monoisotopic (exact) mass is 444 g/mol. The molecule has 2 aromatic carbocycles. The minimum absolute atomic E-state index is 0.0203. The van der Waals surface area contributed by atoms with Gasteiger partial charge in [-0.25, -0.2) is 9.18 Å². The molecule has 166 valence electrons. The van der Waals surface area contributed by atoms with E-state index in [4.69, 9.17) is 9.47 Å². The third kappa shape index (κ3) is 3.48. The third-order valence-electron chi connectivity index (χ3n) is 5.16. The molecule has 0 radical (unpaired) electrons. The zero-order chi connectivity index (χ0) is 23.6. The zero-order valence-corrected chi connectivity index (χ0v) is 17.3. The Bertz CT molecular complexity index is 1140. The largest absolute Gasteiger partial charge is 0.528 e. The average molecular weight is 444 g/mol. The van der Waals surface area contributed by atoms with E-state index in [0.717, 1.165) is 31.4 Å². The molecule has 10 nitrogen and oxygen atoms in total. The minimum atomic E-state index is -1.48. The molecule has 11 heteroatoms. The lowest BCUT2D eigenvalue weighted by atomic mass is 9.91. The van der Waals surface area contributed by atoms with Crippen LogP contribution in [0.3, 0.4) is 0 Å². The van der Waals surface area contributed by atoms with Crippen LogP contribution in [0.15, 0.2) is 64.8 Å². The number of esters is 1. The Hall–Kier alpha value is -4.12. The second kappa shape index (κ2) is 8.55. The second-order valence-electron chi connectivity index (χ2n) is 6.82. The number of rotatable bonds is 4. The molecule has 0 aromatic heterocycles. The number of quaternary nitrogens is 1. The highest BCUT2D eigenvalue weighted by atomic mass is 19.1. The van der Waals surface area contributed by atoms with Crippen LogP contribution in [0.1, 0.15) is 18.5 Å². The number of halogens is 1. The number of hydrogen-bond acceptors (Lipinski definition) is 7. The maximum atomic E-state index is 13.7. The van der Waals surface area contributed by atoms with Gasteiger partial charge in [-0.05, 0) is 31.2 Å². The summed E-state index contributed by atoms with van der Waals surface area (Å²) in [5.74, 6) is -1.39. The highest BCUT2D eigenvalue weighted by molar-refractivity contribution is 6.09. The van der Waals surface area contributed by atoms with Crippen molar-refractivity contribution in [3.05, 3.63) is 81.3 Å². The zero-order valence-electron chi connectivity index (χ0n) is 17.3. The van der Waals surface area contributed by atoms with Gasteiger partial charge in [0, 0.05) is 29.8 Å². The summed E-state index contributed by atoms with van der Waals surface area (Å²) >= 11 is 0. The molecule has 2 atom stereocenters. The second-order valence-corrected chi connectivity index (χ2v) is 6.82. The molecule has 1 aliphatic heterocycles. The number of amidine groups is 1. The Morgan fingerprint density at radius 1 is 1.12 bits per heavy atom. The van der Waals surface area contributed by atoms with Gasteiger partial charge in [-0.2, -0.15) is 9.79 Å². The van der Waals surface area contributed by atoms with Crippen LogP contribution < -0.4 is 4.48 Å². The van der Waals surface area contributed by atoms with Crippen molar-refractivity contribution < 1.29 is 33.5 Å². The number of amides is 1. The molecule has 32 heavy (non-hydrogen) atoms. The molecule has 1 N–H and O–H groups in total. The molecule has 2 unspecified atom stereocenters. The van der Waals surface area contributed by atoms with Gasteiger partial charge in [-0.3, -0.25) is 10.1 Å². The molecule has 0 aliphatic carbocycles. The van der Waals surface area contributed by atoms with E-state index in [1.54, 1.807) is 0 Å². The molecule has 0 saturated heterocycles. The van der Waals surface area contributed by atoms with Gasteiger partial charge in [0.25, 0.3) is 5.69 Å². The van der Waals surface area contributed by atoms with E-state index in [1.807, 2.05) is 0 Å². The van der Waals surface area contributed by atoms with Crippen LogP contribution in [0, 0.1) is 15.9 Å². The molecule has 2 aromatic rings. The van der Waals surface area contributed by atoms with E-state index in [9.17, 15) is 29.2 Å². The van der Waals surface area contributed by atoms with E-state index < -0.39 is 33.3 Å². The number of ether oxygens (including phenoxy) is 2. The van der Waals surface area contributed by atoms with Gasteiger partial charge in [-0.1, -0.05) is 4.48 Å². The van der Waals surface area contributed by atoms with E-state index >= 15 is 0 Å². The van der Waals surface area contributed by atoms with Crippen LogP contribution in [0.2, 0.25) is 0 Å². The Morgan fingerprint density at radius 3 is 2.19 bits per heavy atom. The number of carbonyl (C=O) groups is 2. The van der Waals surface area contributed by atoms with Gasteiger partial charge >= 0.3 is 18.1 Å². The SMILES string of the molecule is COC(=O)C1=C(C)N=C(OC)[N+](C(=O)O)(c2ccc([N+](=O)[O-])cc2)C1c1ccc(F)cc1. The van der Waals surface area contributed by atoms with Crippen LogP contribution in [-0.4, -0.2) is 42.3 Å². The fourth-order valence-electron chi connectivity index (χ4n) is 3.75.